The fourth-order valence-corrected chi connectivity index (χ4v) is 2.43. The molecule has 0 aromatic carbocycles. The van der Waals surface area contributed by atoms with Gasteiger partial charge in [-0.2, -0.15) is 31.1 Å². The van der Waals surface area contributed by atoms with Gasteiger partial charge >= 0.3 is 18.2 Å². The van der Waals surface area contributed by atoms with Crippen LogP contribution in [0.1, 0.15) is 5.56 Å². The van der Waals surface area contributed by atoms with Crippen LogP contribution in [-0.2, 0) is 11.3 Å². The topological polar surface area (TPSA) is 69.4 Å². The highest BCUT2D eigenvalue weighted by atomic mass is 19.4. The molecular formula is C15H9F6N3O3. The summed E-state index contributed by atoms with van der Waals surface area (Å²) in [5.74, 6) is -6.11. The Morgan fingerprint density at radius 3 is 2.63 bits per heavy atom. The number of nitrogens with zero attached hydrogens (tertiary/aromatic N) is 3. The van der Waals surface area contributed by atoms with Crippen molar-refractivity contribution < 1.29 is 40.6 Å². The van der Waals surface area contributed by atoms with Gasteiger partial charge in [0, 0.05) is 11.6 Å². The summed E-state index contributed by atoms with van der Waals surface area (Å²) in [5, 5.41) is 11.7. The van der Waals surface area contributed by atoms with E-state index >= 15 is 0 Å². The number of anilines is 1. The molecule has 1 aliphatic heterocycles. The Balaban J connectivity index is 2.01. The normalized spacial score (nSPS) is 14.7. The van der Waals surface area contributed by atoms with E-state index in [9.17, 15) is 36.3 Å². The number of fused-ring (bicyclic) bond motifs is 1. The molecule has 2 aromatic rings. The van der Waals surface area contributed by atoms with E-state index in [1.165, 1.54) is 0 Å². The number of halogens is 6. The van der Waals surface area contributed by atoms with Crippen molar-refractivity contribution in [3.05, 3.63) is 47.2 Å². The van der Waals surface area contributed by atoms with Gasteiger partial charge in [-0.1, -0.05) is 0 Å². The second-order valence-electron chi connectivity index (χ2n) is 5.57. The zero-order valence-corrected chi connectivity index (χ0v) is 13.1. The van der Waals surface area contributed by atoms with E-state index in [-0.39, 0.29) is 26.6 Å². The number of rotatable bonds is 3. The predicted octanol–water partition coefficient (Wildman–Crippen LogP) is 3.18. The highest BCUT2D eigenvalue weighted by molar-refractivity contribution is 5.90. The van der Waals surface area contributed by atoms with Gasteiger partial charge in [-0.15, -0.1) is 0 Å². The first-order chi connectivity index (χ1) is 12.5. The average molecular weight is 393 g/mol. The molecule has 0 bridgehead atoms. The van der Waals surface area contributed by atoms with Crippen LogP contribution in [-0.4, -0.2) is 29.7 Å². The number of pyridine rings is 2. The second-order valence-corrected chi connectivity index (χ2v) is 5.57. The number of hydrogen-bond acceptors (Lipinski definition) is 4. The molecule has 0 saturated carbocycles. The molecule has 144 valence electrons. The molecule has 0 saturated heterocycles. The van der Waals surface area contributed by atoms with Crippen LogP contribution in [0.3, 0.4) is 0 Å². The lowest BCUT2D eigenvalue weighted by Crippen LogP contribution is -2.50. The van der Waals surface area contributed by atoms with Crippen LogP contribution in [0.15, 0.2) is 30.6 Å². The number of carbonyl (C=O) groups is 1. The fourth-order valence-electron chi connectivity index (χ4n) is 2.43. The van der Waals surface area contributed by atoms with Gasteiger partial charge in [0.15, 0.2) is 12.0 Å². The lowest BCUT2D eigenvalue weighted by Gasteiger charge is -2.32. The third-order valence-corrected chi connectivity index (χ3v) is 3.75. The van der Waals surface area contributed by atoms with E-state index in [1.54, 1.807) is 0 Å². The molecule has 0 aliphatic carbocycles. The van der Waals surface area contributed by atoms with Crippen LogP contribution in [0, 0.1) is 11.0 Å². The predicted molar refractivity (Wildman–Crippen MR) is 77.1 cm³/mol. The van der Waals surface area contributed by atoms with Crippen LogP contribution in [0.2, 0.25) is 0 Å². The molecule has 0 radical (unpaired) electrons. The summed E-state index contributed by atoms with van der Waals surface area (Å²) in [6.45, 7) is -2.48. The van der Waals surface area contributed by atoms with E-state index in [2.05, 4.69) is 9.72 Å². The standard InChI is InChI=1S/C15H9F6N3O3/c16-9-2-1-3-24(26)12(9)10-4-8-6-27-13(25)23(11(8)5-22-10)7-14(17,18)15(19,20)21/h1-5H,6-7H2. The molecule has 0 fully saturated rings. The van der Waals surface area contributed by atoms with Crippen molar-refractivity contribution in [2.45, 2.75) is 18.7 Å². The maximum absolute atomic E-state index is 13.9. The van der Waals surface area contributed by atoms with Gasteiger partial charge in [-0.05, 0) is 12.1 Å². The van der Waals surface area contributed by atoms with Gasteiger partial charge in [0.05, 0.1) is 11.9 Å². The third-order valence-electron chi connectivity index (χ3n) is 3.75. The zero-order valence-electron chi connectivity index (χ0n) is 13.1. The molecule has 27 heavy (non-hydrogen) atoms. The minimum Gasteiger partial charge on any atom is -0.618 e. The molecule has 3 rings (SSSR count). The summed E-state index contributed by atoms with van der Waals surface area (Å²) >= 11 is 0. The largest absolute Gasteiger partial charge is 0.618 e. The van der Waals surface area contributed by atoms with E-state index in [1.807, 2.05) is 0 Å². The summed E-state index contributed by atoms with van der Waals surface area (Å²) in [4.78, 5) is 15.5. The summed E-state index contributed by atoms with van der Waals surface area (Å²) in [7, 11) is 0. The molecule has 2 aromatic heterocycles. The molecule has 3 heterocycles. The molecule has 0 N–H and O–H groups in total. The minimum atomic E-state index is -5.88. The SMILES string of the molecule is O=C1OCc2cc(-c3c(F)ccc[n+]3[O-])ncc2N1CC(F)(F)C(F)(F)F. The summed E-state index contributed by atoms with van der Waals surface area (Å²) in [5.41, 5.74) is -1.06. The Kier molecular flexibility index (Phi) is 4.36. The minimum absolute atomic E-state index is 0.0131. The summed E-state index contributed by atoms with van der Waals surface area (Å²) < 4.78 is 82.7. The Morgan fingerprint density at radius 2 is 2.00 bits per heavy atom. The van der Waals surface area contributed by atoms with Crippen LogP contribution < -0.4 is 9.63 Å². The fraction of sp³-hybridized carbons (Fsp3) is 0.267. The van der Waals surface area contributed by atoms with Crippen LogP contribution in [0.5, 0.6) is 0 Å². The summed E-state index contributed by atoms with van der Waals surface area (Å²) in [6, 6.07) is 3.21. The van der Waals surface area contributed by atoms with Crippen molar-refractivity contribution in [2.24, 2.45) is 0 Å². The highest BCUT2D eigenvalue weighted by Gasteiger charge is 2.59. The van der Waals surface area contributed by atoms with Crippen molar-refractivity contribution in [3.63, 3.8) is 0 Å². The average Bonchev–Trinajstić information content (AvgIpc) is 2.56. The van der Waals surface area contributed by atoms with Crippen LogP contribution in [0.25, 0.3) is 11.4 Å². The monoisotopic (exact) mass is 393 g/mol. The maximum atomic E-state index is 13.9. The van der Waals surface area contributed by atoms with Crippen LogP contribution >= 0.6 is 0 Å². The zero-order chi connectivity index (χ0) is 20.0. The quantitative estimate of drug-likeness (QED) is 0.456. The highest BCUT2D eigenvalue weighted by Crippen LogP contribution is 2.39. The third kappa shape index (κ3) is 3.34. The number of aromatic nitrogens is 2. The molecule has 0 atom stereocenters. The van der Waals surface area contributed by atoms with Gasteiger partial charge in [-0.25, -0.2) is 9.78 Å². The van der Waals surface area contributed by atoms with Crippen molar-refractivity contribution >= 4 is 11.8 Å². The van der Waals surface area contributed by atoms with Crippen molar-refractivity contribution in [1.29, 1.82) is 0 Å². The summed E-state index contributed by atoms with van der Waals surface area (Å²) in [6.07, 6.45) is -5.48. The van der Waals surface area contributed by atoms with E-state index in [0.717, 1.165) is 30.6 Å². The van der Waals surface area contributed by atoms with Gasteiger partial charge in [0.2, 0.25) is 0 Å². The molecule has 1 aliphatic rings. The van der Waals surface area contributed by atoms with Crippen molar-refractivity contribution in [1.82, 2.24) is 4.98 Å². The number of amides is 1. The Bertz CT molecular complexity index is 883. The number of alkyl halides is 5. The Morgan fingerprint density at radius 1 is 1.30 bits per heavy atom. The van der Waals surface area contributed by atoms with Gasteiger partial charge in [-0.3, -0.25) is 4.90 Å². The first-order valence-electron chi connectivity index (χ1n) is 7.27. The number of carbonyl (C=O) groups excluding carboxylic acids is 1. The van der Waals surface area contributed by atoms with E-state index in [4.69, 9.17) is 0 Å². The van der Waals surface area contributed by atoms with Crippen molar-refractivity contribution in [3.8, 4) is 11.4 Å². The molecule has 0 spiro atoms. The molecule has 6 nitrogen and oxygen atoms in total. The van der Waals surface area contributed by atoms with Crippen LogP contribution in [0.4, 0.5) is 36.8 Å². The number of ether oxygens (including phenoxy) is 1. The van der Waals surface area contributed by atoms with Crippen molar-refractivity contribution in [2.75, 3.05) is 11.4 Å². The van der Waals surface area contributed by atoms with Gasteiger partial charge in [0.25, 0.3) is 5.69 Å². The van der Waals surface area contributed by atoms with Gasteiger partial charge < -0.3 is 9.94 Å². The molecule has 0 unspecified atom stereocenters. The molecule has 12 heteroatoms. The smallest absolute Gasteiger partial charge is 0.455 e. The molecular weight excluding hydrogens is 384 g/mol. The first-order valence-corrected chi connectivity index (χ1v) is 7.27. The maximum Gasteiger partial charge on any atom is 0.455 e. The lowest BCUT2D eigenvalue weighted by molar-refractivity contribution is -0.595. The Labute approximate surface area is 147 Å². The first kappa shape index (κ1) is 18.7. The number of hydrogen-bond donors (Lipinski definition) is 0. The Hall–Kier alpha value is -3.05. The second kappa shape index (κ2) is 6.28. The lowest BCUT2D eigenvalue weighted by atomic mass is 10.1. The van der Waals surface area contributed by atoms with E-state index < -0.39 is 42.9 Å². The van der Waals surface area contributed by atoms with Gasteiger partial charge in [0.1, 0.15) is 18.8 Å². The van der Waals surface area contributed by atoms with E-state index in [0.29, 0.717) is 0 Å². The molecule has 1 amide bonds. The number of cyclic esters (lactones) is 1.